The van der Waals surface area contributed by atoms with Gasteiger partial charge in [-0.25, -0.2) is 4.98 Å². The Morgan fingerprint density at radius 1 is 1.34 bits per heavy atom. The van der Waals surface area contributed by atoms with Crippen LogP contribution in [-0.2, 0) is 12.2 Å². The van der Waals surface area contributed by atoms with Gasteiger partial charge in [-0.2, -0.15) is 0 Å². The molecule has 0 fully saturated rings. The number of hydrogen-bond acceptors (Lipinski definition) is 5. The minimum Gasteiger partial charge on any atom is -0.268 e. The highest BCUT2D eigenvalue weighted by Gasteiger charge is 2.31. The second-order valence-electron chi connectivity index (χ2n) is 7.88. The van der Waals surface area contributed by atoms with E-state index in [1.807, 2.05) is 56.0 Å². The van der Waals surface area contributed by atoms with E-state index >= 15 is 0 Å². The first-order valence-corrected chi connectivity index (χ1v) is 12.6. The number of aryl methyl sites for hydroxylation is 1. The summed E-state index contributed by atoms with van der Waals surface area (Å²) < 4.78 is 1.91. The van der Waals surface area contributed by atoms with Crippen LogP contribution in [0.3, 0.4) is 0 Å². The molecule has 152 valence electrons. The van der Waals surface area contributed by atoms with E-state index in [-0.39, 0.29) is 10.3 Å². The molecule has 0 atom stereocenters. The monoisotopic (exact) mass is 462 g/mol. The third kappa shape index (κ3) is 4.31. The van der Waals surface area contributed by atoms with Gasteiger partial charge in [0.15, 0.2) is 5.16 Å². The maximum absolute atomic E-state index is 13.7. The van der Waals surface area contributed by atoms with Crippen molar-refractivity contribution in [2.24, 2.45) is 0 Å². The highest BCUT2D eigenvalue weighted by atomic mass is 35.5. The van der Waals surface area contributed by atoms with Crippen LogP contribution in [0, 0.1) is 6.92 Å². The van der Waals surface area contributed by atoms with Gasteiger partial charge in [0.05, 0.1) is 11.1 Å². The summed E-state index contributed by atoms with van der Waals surface area (Å²) in [6.07, 6.45) is 2.85. The minimum absolute atomic E-state index is 0.0353. The van der Waals surface area contributed by atoms with Crippen LogP contribution >= 0.6 is 46.5 Å². The van der Waals surface area contributed by atoms with Gasteiger partial charge in [-0.05, 0) is 38.0 Å². The van der Waals surface area contributed by atoms with Crippen LogP contribution in [0.15, 0.2) is 45.3 Å². The molecule has 0 unspecified atom stereocenters. The van der Waals surface area contributed by atoms with Crippen molar-refractivity contribution >= 4 is 56.7 Å². The van der Waals surface area contributed by atoms with E-state index in [4.69, 9.17) is 16.6 Å². The van der Waals surface area contributed by atoms with Gasteiger partial charge >= 0.3 is 0 Å². The van der Waals surface area contributed by atoms with E-state index in [1.54, 1.807) is 27.7 Å². The lowest BCUT2D eigenvalue weighted by molar-refractivity contribution is 0.698. The molecule has 0 saturated heterocycles. The van der Waals surface area contributed by atoms with Gasteiger partial charge in [-0.15, -0.1) is 23.1 Å². The Morgan fingerprint density at radius 2 is 2.07 bits per heavy atom. The summed E-state index contributed by atoms with van der Waals surface area (Å²) in [5, 5.41) is 2.26. The first-order valence-electron chi connectivity index (χ1n) is 9.48. The van der Waals surface area contributed by atoms with E-state index in [9.17, 15) is 4.79 Å². The smallest absolute Gasteiger partial charge is 0.267 e. The quantitative estimate of drug-likeness (QED) is 0.325. The summed E-state index contributed by atoms with van der Waals surface area (Å²) in [6.45, 7) is 8.41. The van der Waals surface area contributed by atoms with Crippen molar-refractivity contribution in [1.29, 1.82) is 0 Å². The van der Waals surface area contributed by atoms with Crippen LogP contribution in [0.2, 0.25) is 0 Å². The van der Waals surface area contributed by atoms with E-state index in [0.29, 0.717) is 10.9 Å². The number of halogens is 1. The van der Waals surface area contributed by atoms with Crippen LogP contribution < -0.4 is 5.56 Å². The summed E-state index contributed by atoms with van der Waals surface area (Å²) in [7, 11) is 0. The van der Waals surface area contributed by atoms with Crippen molar-refractivity contribution in [1.82, 2.24) is 9.55 Å². The number of benzene rings is 1. The summed E-state index contributed by atoms with van der Waals surface area (Å²) >= 11 is 11.2. The Hall–Kier alpha value is -1.21. The van der Waals surface area contributed by atoms with Gasteiger partial charge in [-0.3, -0.25) is 9.36 Å². The molecule has 0 radical (unpaired) electrons. The lowest BCUT2D eigenvalue weighted by Crippen LogP contribution is -2.26. The first kappa shape index (κ1) is 21.0. The van der Waals surface area contributed by atoms with E-state index in [0.717, 1.165) is 38.7 Å². The number of hydrogen-bond donors (Lipinski definition) is 0. The fourth-order valence-electron chi connectivity index (χ4n) is 3.42. The number of rotatable bonds is 4. The number of fused-ring (bicyclic) bond motifs is 3. The standard InChI is InChI=1S/C22H23ClN2OS3/c1-13-5-7-15(8-6-13)25-20(26)18-16-11-22(3,4)28-12-17(16)29-19(18)24-21(25)27-10-9-14(2)23/h5-9H,10-12H2,1-4H3. The number of thiophene rings is 1. The SMILES string of the molecule is CC(Cl)=CCSc1nc2sc3c(c2c(=O)n1-c1ccc(C)cc1)CC(C)(C)SC3. The van der Waals surface area contributed by atoms with Gasteiger partial charge < -0.3 is 0 Å². The molecule has 2 aromatic heterocycles. The fraction of sp³-hybridized carbons (Fsp3) is 0.364. The van der Waals surface area contributed by atoms with Crippen molar-refractivity contribution in [3.8, 4) is 5.69 Å². The maximum Gasteiger partial charge on any atom is 0.267 e. The Labute approximate surface area is 188 Å². The number of nitrogens with zero attached hydrogens (tertiary/aromatic N) is 2. The Bertz CT molecular complexity index is 1160. The summed E-state index contributed by atoms with van der Waals surface area (Å²) in [5.41, 5.74) is 3.25. The summed E-state index contributed by atoms with van der Waals surface area (Å²) in [5.74, 6) is 1.62. The largest absolute Gasteiger partial charge is 0.268 e. The molecule has 1 aliphatic rings. The maximum atomic E-state index is 13.7. The lowest BCUT2D eigenvalue weighted by atomic mass is 10.00. The predicted molar refractivity (Wildman–Crippen MR) is 129 cm³/mol. The zero-order chi connectivity index (χ0) is 20.8. The molecule has 0 N–H and O–H groups in total. The highest BCUT2D eigenvalue weighted by molar-refractivity contribution is 8.00. The normalized spacial score (nSPS) is 16.2. The molecular formula is C22H23ClN2OS3. The van der Waals surface area contributed by atoms with Crippen molar-refractivity contribution in [3.05, 3.63) is 61.7 Å². The second kappa shape index (κ2) is 8.14. The molecule has 1 aliphatic heterocycles. The van der Waals surface area contributed by atoms with Crippen LogP contribution in [0.1, 0.15) is 36.8 Å². The van der Waals surface area contributed by atoms with Gasteiger partial charge in [0.25, 0.3) is 5.56 Å². The number of allylic oxidation sites excluding steroid dienone is 1. The molecule has 3 nitrogen and oxygen atoms in total. The van der Waals surface area contributed by atoms with Crippen LogP contribution in [0.25, 0.3) is 15.9 Å². The fourth-order valence-corrected chi connectivity index (χ4v) is 6.94. The molecule has 4 rings (SSSR count). The molecule has 29 heavy (non-hydrogen) atoms. The summed E-state index contributed by atoms with van der Waals surface area (Å²) in [4.78, 5) is 20.8. The molecule has 7 heteroatoms. The Kier molecular flexibility index (Phi) is 5.90. The molecule has 0 aliphatic carbocycles. The first-order chi connectivity index (χ1) is 13.7. The van der Waals surface area contributed by atoms with Gasteiger partial charge in [-0.1, -0.05) is 61.0 Å². The molecule has 1 aromatic carbocycles. The van der Waals surface area contributed by atoms with E-state index in [1.165, 1.54) is 10.4 Å². The average Bonchev–Trinajstić information content (AvgIpc) is 2.99. The number of aromatic nitrogens is 2. The molecule has 3 heterocycles. The Balaban J connectivity index is 1.93. The third-order valence-electron chi connectivity index (χ3n) is 4.94. The van der Waals surface area contributed by atoms with Crippen molar-refractivity contribution < 1.29 is 0 Å². The third-order valence-corrected chi connectivity index (χ3v) is 8.63. The Morgan fingerprint density at radius 3 is 2.76 bits per heavy atom. The topological polar surface area (TPSA) is 34.9 Å². The molecular weight excluding hydrogens is 440 g/mol. The molecule has 0 amide bonds. The predicted octanol–water partition coefficient (Wildman–Crippen LogP) is 6.56. The zero-order valence-corrected chi connectivity index (χ0v) is 20.1. The van der Waals surface area contributed by atoms with Gasteiger partial charge in [0.1, 0.15) is 4.83 Å². The minimum atomic E-state index is 0.0353. The second-order valence-corrected chi connectivity index (χ2v) is 12.2. The van der Waals surface area contributed by atoms with Gasteiger partial charge in [0, 0.05) is 26.2 Å². The van der Waals surface area contributed by atoms with Crippen LogP contribution in [0.4, 0.5) is 0 Å². The van der Waals surface area contributed by atoms with E-state index < -0.39 is 0 Å². The van der Waals surface area contributed by atoms with Crippen LogP contribution in [-0.4, -0.2) is 20.1 Å². The average molecular weight is 463 g/mol. The number of thioether (sulfide) groups is 2. The van der Waals surface area contributed by atoms with E-state index in [2.05, 4.69) is 13.8 Å². The summed E-state index contributed by atoms with van der Waals surface area (Å²) in [6, 6.07) is 8.06. The molecule has 0 saturated carbocycles. The highest BCUT2D eigenvalue weighted by Crippen LogP contribution is 2.44. The van der Waals surface area contributed by atoms with Crippen molar-refractivity contribution in [3.63, 3.8) is 0 Å². The van der Waals surface area contributed by atoms with Crippen molar-refractivity contribution in [2.75, 3.05) is 5.75 Å². The van der Waals surface area contributed by atoms with Gasteiger partial charge in [0.2, 0.25) is 0 Å². The van der Waals surface area contributed by atoms with Crippen LogP contribution in [0.5, 0.6) is 0 Å². The zero-order valence-electron chi connectivity index (χ0n) is 16.9. The van der Waals surface area contributed by atoms with Crippen molar-refractivity contribution in [2.45, 2.75) is 49.8 Å². The molecule has 3 aromatic rings. The molecule has 0 bridgehead atoms. The molecule has 0 spiro atoms. The lowest BCUT2D eigenvalue weighted by Gasteiger charge is -2.28.